The number of hydrogen-bond acceptors (Lipinski definition) is 2. The Kier molecular flexibility index (Phi) is 6.81. The van der Waals surface area contributed by atoms with Crippen molar-refractivity contribution in [3.8, 4) is 0 Å². The average molecular weight is 375 g/mol. The van der Waals surface area contributed by atoms with Gasteiger partial charge >= 0.3 is 0 Å². The summed E-state index contributed by atoms with van der Waals surface area (Å²) in [4.78, 5) is 14.4. The Labute approximate surface area is 146 Å². The predicted molar refractivity (Wildman–Crippen MR) is 98.3 cm³/mol. The summed E-state index contributed by atoms with van der Waals surface area (Å²) in [5.74, 6) is 0.0801. The van der Waals surface area contributed by atoms with Gasteiger partial charge in [-0.25, -0.2) is 0 Å². The molecule has 1 N–H and O–H groups in total. The number of hydrogen-bond donors (Lipinski definition) is 1. The van der Waals surface area contributed by atoms with Crippen LogP contribution in [0.15, 0.2) is 59.1 Å². The van der Waals surface area contributed by atoms with E-state index < -0.39 is 0 Å². The predicted octanol–water partition coefficient (Wildman–Crippen LogP) is 3.80. The van der Waals surface area contributed by atoms with Crippen molar-refractivity contribution in [2.75, 3.05) is 20.6 Å². The van der Waals surface area contributed by atoms with Crippen LogP contribution in [0.2, 0.25) is 0 Å². The van der Waals surface area contributed by atoms with Crippen molar-refractivity contribution in [2.45, 2.75) is 18.9 Å². The molecule has 3 nitrogen and oxygen atoms in total. The van der Waals surface area contributed by atoms with E-state index in [-0.39, 0.29) is 11.9 Å². The molecule has 0 aliphatic carbocycles. The molecule has 2 aromatic carbocycles. The highest BCUT2D eigenvalue weighted by Crippen LogP contribution is 2.18. The fraction of sp³-hybridized carbons (Fsp3) is 0.316. The van der Waals surface area contributed by atoms with Gasteiger partial charge in [-0.1, -0.05) is 64.5 Å². The molecule has 0 saturated carbocycles. The van der Waals surface area contributed by atoms with E-state index in [0.29, 0.717) is 6.42 Å². The summed E-state index contributed by atoms with van der Waals surface area (Å²) in [6.07, 6.45) is 1.22. The zero-order chi connectivity index (χ0) is 16.7. The van der Waals surface area contributed by atoms with Crippen LogP contribution in [0.4, 0.5) is 0 Å². The molecule has 2 rings (SSSR count). The first kappa shape index (κ1) is 17.7. The van der Waals surface area contributed by atoms with E-state index in [1.54, 1.807) is 0 Å². The normalized spacial score (nSPS) is 12.2. The molecule has 2 aromatic rings. The molecule has 0 bridgehead atoms. The SMILES string of the molecule is CN(C)CC(NC(=O)CCc1ccccc1Br)c1ccccc1. The summed E-state index contributed by atoms with van der Waals surface area (Å²) >= 11 is 3.53. The lowest BCUT2D eigenvalue weighted by Crippen LogP contribution is -2.35. The van der Waals surface area contributed by atoms with Crippen LogP contribution < -0.4 is 5.32 Å². The van der Waals surface area contributed by atoms with Gasteiger partial charge in [0.2, 0.25) is 5.91 Å². The molecule has 0 aliphatic heterocycles. The maximum absolute atomic E-state index is 12.3. The van der Waals surface area contributed by atoms with Gasteiger partial charge in [-0.3, -0.25) is 4.79 Å². The summed E-state index contributed by atoms with van der Waals surface area (Å²) in [7, 11) is 4.03. The second-order valence-corrected chi connectivity index (χ2v) is 6.74. The molecular formula is C19H23BrN2O. The molecule has 0 fully saturated rings. The number of likely N-dealkylation sites (N-methyl/N-ethyl adjacent to an activating group) is 1. The Bertz CT molecular complexity index is 628. The first-order chi connectivity index (χ1) is 11.1. The number of benzene rings is 2. The largest absolute Gasteiger partial charge is 0.348 e. The zero-order valence-corrected chi connectivity index (χ0v) is 15.2. The van der Waals surface area contributed by atoms with Crippen molar-refractivity contribution < 1.29 is 4.79 Å². The molecular weight excluding hydrogens is 352 g/mol. The fourth-order valence-corrected chi connectivity index (χ4v) is 2.98. The van der Waals surface area contributed by atoms with Crippen LogP contribution in [-0.2, 0) is 11.2 Å². The second-order valence-electron chi connectivity index (χ2n) is 5.88. The molecule has 0 aromatic heterocycles. The standard InChI is InChI=1S/C19H23BrN2O/c1-22(2)14-18(16-9-4-3-5-10-16)21-19(23)13-12-15-8-6-7-11-17(15)20/h3-11,18H,12-14H2,1-2H3,(H,21,23). The van der Waals surface area contributed by atoms with Crippen molar-refractivity contribution in [2.24, 2.45) is 0 Å². The van der Waals surface area contributed by atoms with Gasteiger partial charge in [0.05, 0.1) is 6.04 Å². The number of aryl methyl sites for hydroxylation is 1. The van der Waals surface area contributed by atoms with Crippen molar-refractivity contribution in [3.63, 3.8) is 0 Å². The van der Waals surface area contributed by atoms with E-state index in [0.717, 1.165) is 28.6 Å². The quantitative estimate of drug-likeness (QED) is 0.799. The van der Waals surface area contributed by atoms with Gasteiger partial charge in [-0.05, 0) is 37.7 Å². The Morgan fingerprint density at radius 1 is 1.09 bits per heavy atom. The minimum atomic E-state index is 0.0120. The van der Waals surface area contributed by atoms with Crippen LogP contribution in [-0.4, -0.2) is 31.4 Å². The Morgan fingerprint density at radius 3 is 2.39 bits per heavy atom. The van der Waals surface area contributed by atoms with Gasteiger partial charge in [-0.2, -0.15) is 0 Å². The first-order valence-electron chi connectivity index (χ1n) is 7.78. The summed E-state index contributed by atoms with van der Waals surface area (Å²) in [6, 6.07) is 18.2. The average Bonchev–Trinajstić information content (AvgIpc) is 2.54. The smallest absolute Gasteiger partial charge is 0.220 e. The van der Waals surface area contributed by atoms with Crippen LogP contribution >= 0.6 is 15.9 Å². The number of nitrogens with one attached hydrogen (secondary N) is 1. The summed E-state index contributed by atoms with van der Waals surface area (Å²) in [6.45, 7) is 0.783. The summed E-state index contributed by atoms with van der Waals surface area (Å²) in [5.41, 5.74) is 2.29. The minimum absolute atomic E-state index is 0.0120. The third kappa shape index (κ3) is 5.81. The summed E-state index contributed by atoms with van der Waals surface area (Å²) < 4.78 is 1.06. The molecule has 0 radical (unpaired) electrons. The highest BCUT2D eigenvalue weighted by Gasteiger charge is 2.15. The van der Waals surface area contributed by atoms with Gasteiger partial charge < -0.3 is 10.2 Å². The van der Waals surface area contributed by atoms with E-state index in [9.17, 15) is 4.79 Å². The topological polar surface area (TPSA) is 32.3 Å². The number of rotatable bonds is 7. The summed E-state index contributed by atoms with van der Waals surface area (Å²) in [5, 5.41) is 3.16. The van der Waals surface area contributed by atoms with Crippen molar-refractivity contribution in [1.29, 1.82) is 0 Å². The first-order valence-corrected chi connectivity index (χ1v) is 8.58. The number of halogens is 1. The van der Waals surface area contributed by atoms with E-state index in [4.69, 9.17) is 0 Å². The molecule has 122 valence electrons. The van der Waals surface area contributed by atoms with Crippen LogP contribution in [0.1, 0.15) is 23.6 Å². The van der Waals surface area contributed by atoms with Gasteiger partial charge in [0, 0.05) is 17.4 Å². The molecule has 1 atom stereocenters. The van der Waals surface area contributed by atoms with Crippen molar-refractivity contribution in [3.05, 3.63) is 70.2 Å². The molecule has 0 spiro atoms. The fourth-order valence-electron chi connectivity index (χ4n) is 2.50. The molecule has 0 saturated heterocycles. The maximum Gasteiger partial charge on any atom is 0.220 e. The van der Waals surface area contributed by atoms with Crippen LogP contribution in [0.5, 0.6) is 0 Å². The van der Waals surface area contributed by atoms with Gasteiger partial charge in [0.1, 0.15) is 0 Å². The molecule has 4 heteroatoms. The lowest BCUT2D eigenvalue weighted by Gasteiger charge is -2.23. The second kappa shape index (κ2) is 8.85. The van der Waals surface area contributed by atoms with Crippen molar-refractivity contribution in [1.82, 2.24) is 10.2 Å². The monoisotopic (exact) mass is 374 g/mol. The Hall–Kier alpha value is -1.65. The molecule has 1 unspecified atom stereocenters. The van der Waals surface area contributed by atoms with Crippen molar-refractivity contribution >= 4 is 21.8 Å². The van der Waals surface area contributed by atoms with Crippen LogP contribution in [0.3, 0.4) is 0 Å². The van der Waals surface area contributed by atoms with Gasteiger partial charge in [-0.15, -0.1) is 0 Å². The highest BCUT2D eigenvalue weighted by atomic mass is 79.9. The maximum atomic E-state index is 12.3. The number of carbonyl (C=O) groups is 1. The third-order valence-corrected chi connectivity index (χ3v) is 4.44. The third-order valence-electron chi connectivity index (χ3n) is 3.66. The van der Waals surface area contributed by atoms with Gasteiger partial charge in [0.25, 0.3) is 0 Å². The molecule has 0 heterocycles. The molecule has 1 amide bonds. The van der Waals surface area contributed by atoms with E-state index in [1.165, 1.54) is 0 Å². The number of nitrogens with zero attached hydrogens (tertiary/aromatic N) is 1. The van der Waals surface area contributed by atoms with Gasteiger partial charge in [0.15, 0.2) is 0 Å². The van der Waals surface area contributed by atoms with Crippen LogP contribution in [0, 0.1) is 0 Å². The van der Waals surface area contributed by atoms with E-state index in [1.807, 2.05) is 56.6 Å². The Balaban J connectivity index is 1.96. The number of carbonyl (C=O) groups excluding carboxylic acids is 1. The Morgan fingerprint density at radius 2 is 1.74 bits per heavy atom. The van der Waals surface area contributed by atoms with Crippen LogP contribution in [0.25, 0.3) is 0 Å². The zero-order valence-electron chi connectivity index (χ0n) is 13.6. The lowest BCUT2D eigenvalue weighted by atomic mass is 10.1. The highest BCUT2D eigenvalue weighted by molar-refractivity contribution is 9.10. The molecule has 23 heavy (non-hydrogen) atoms. The van der Waals surface area contributed by atoms with E-state index in [2.05, 4.69) is 38.3 Å². The molecule has 0 aliphatic rings. The lowest BCUT2D eigenvalue weighted by molar-refractivity contribution is -0.121. The minimum Gasteiger partial charge on any atom is -0.348 e. The van der Waals surface area contributed by atoms with E-state index >= 15 is 0 Å². The number of amides is 1.